The molecule has 0 saturated heterocycles. The maximum Gasteiger partial charge on any atom is 0.0621 e. The molecule has 1 heterocycles. The molecule has 0 bridgehead atoms. The van der Waals surface area contributed by atoms with E-state index in [9.17, 15) is 0 Å². The molecule has 0 saturated carbocycles. The van der Waals surface area contributed by atoms with E-state index in [4.69, 9.17) is 17.3 Å². The molecule has 3 N–H and O–H groups in total. The van der Waals surface area contributed by atoms with E-state index >= 15 is 0 Å². The minimum absolute atomic E-state index is 0.722. The lowest BCUT2D eigenvalue weighted by atomic mass is 10.1. The summed E-state index contributed by atoms with van der Waals surface area (Å²) in [6, 6.07) is 5.68. The lowest BCUT2D eigenvalue weighted by Gasteiger charge is -2.13. The van der Waals surface area contributed by atoms with E-state index in [1.54, 1.807) is 11.3 Å². The summed E-state index contributed by atoms with van der Waals surface area (Å²) in [4.78, 5) is 1.24. The molecule has 1 aromatic carbocycles. The van der Waals surface area contributed by atoms with Crippen LogP contribution in [0.2, 0.25) is 5.02 Å². The van der Waals surface area contributed by atoms with Crippen molar-refractivity contribution in [2.75, 3.05) is 11.1 Å². The van der Waals surface area contributed by atoms with Crippen LogP contribution < -0.4 is 11.1 Å². The van der Waals surface area contributed by atoms with Crippen molar-refractivity contribution in [3.05, 3.63) is 43.5 Å². The van der Waals surface area contributed by atoms with Crippen LogP contribution in [0.25, 0.3) is 0 Å². The Kier molecular flexibility index (Phi) is 3.97. The molecule has 1 aromatic heterocycles. The molecule has 0 aliphatic carbocycles. The van der Waals surface area contributed by atoms with Gasteiger partial charge in [-0.1, -0.05) is 11.6 Å². The smallest absolute Gasteiger partial charge is 0.0621 e. The maximum absolute atomic E-state index is 6.08. The van der Waals surface area contributed by atoms with E-state index in [0.29, 0.717) is 0 Å². The van der Waals surface area contributed by atoms with Crippen LogP contribution in [0.3, 0.4) is 0 Å². The lowest BCUT2D eigenvalue weighted by molar-refractivity contribution is 1.17. The zero-order valence-electron chi connectivity index (χ0n) is 9.26. The first-order valence-electron chi connectivity index (χ1n) is 5.10. The van der Waals surface area contributed by atoms with Gasteiger partial charge in [-0.25, -0.2) is 0 Å². The number of rotatable bonds is 3. The lowest BCUT2D eigenvalue weighted by Crippen LogP contribution is -2.03. The fraction of sp³-hybridized carbons (Fsp3) is 0.167. The van der Waals surface area contributed by atoms with Crippen molar-refractivity contribution in [2.45, 2.75) is 13.5 Å². The van der Waals surface area contributed by atoms with Crippen molar-refractivity contribution in [2.24, 2.45) is 0 Å². The Labute approximate surface area is 118 Å². The van der Waals surface area contributed by atoms with Crippen LogP contribution in [0.5, 0.6) is 0 Å². The Bertz CT molecular complexity index is 539. The predicted molar refractivity (Wildman–Crippen MR) is 79.9 cm³/mol. The molecule has 17 heavy (non-hydrogen) atoms. The second-order valence-corrected chi connectivity index (χ2v) is 5.94. The van der Waals surface area contributed by atoms with Gasteiger partial charge in [0.05, 0.1) is 17.9 Å². The van der Waals surface area contributed by atoms with Crippen molar-refractivity contribution >= 4 is 50.2 Å². The molecule has 90 valence electrons. The minimum atomic E-state index is 0.722. The summed E-state index contributed by atoms with van der Waals surface area (Å²) in [6.45, 7) is 2.70. The summed E-state index contributed by atoms with van der Waals surface area (Å²) in [5, 5.41) is 6.12. The third kappa shape index (κ3) is 2.76. The van der Waals surface area contributed by atoms with Gasteiger partial charge < -0.3 is 11.1 Å². The van der Waals surface area contributed by atoms with E-state index in [1.807, 2.05) is 25.1 Å². The number of hydrogen-bond acceptors (Lipinski definition) is 3. The number of anilines is 2. The molecular formula is C12H12BrClN2S. The molecule has 2 aromatic rings. The monoisotopic (exact) mass is 330 g/mol. The first kappa shape index (κ1) is 12.7. The molecule has 0 aliphatic heterocycles. The second-order valence-electron chi connectivity index (χ2n) is 3.68. The molecular weight excluding hydrogens is 320 g/mol. The molecule has 0 amide bonds. The van der Waals surface area contributed by atoms with Gasteiger partial charge in [-0.05, 0) is 52.0 Å². The maximum atomic E-state index is 6.08. The van der Waals surface area contributed by atoms with Crippen LogP contribution in [0.1, 0.15) is 10.4 Å². The fourth-order valence-corrected chi connectivity index (χ4v) is 3.15. The third-order valence-electron chi connectivity index (χ3n) is 2.55. The normalized spacial score (nSPS) is 10.5. The van der Waals surface area contributed by atoms with Gasteiger partial charge in [-0.3, -0.25) is 0 Å². The summed E-state index contributed by atoms with van der Waals surface area (Å²) in [7, 11) is 0. The van der Waals surface area contributed by atoms with Gasteiger partial charge in [-0.2, -0.15) is 0 Å². The quantitative estimate of drug-likeness (QED) is 0.802. The van der Waals surface area contributed by atoms with Crippen molar-refractivity contribution in [1.29, 1.82) is 0 Å². The van der Waals surface area contributed by atoms with Gasteiger partial charge in [0.2, 0.25) is 0 Å². The summed E-state index contributed by atoms with van der Waals surface area (Å²) in [6.07, 6.45) is 0. The summed E-state index contributed by atoms with van der Waals surface area (Å²) < 4.78 is 1.12. The molecule has 0 radical (unpaired) electrons. The van der Waals surface area contributed by atoms with Crippen LogP contribution in [0, 0.1) is 6.92 Å². The molecule has 0 unspecified atom stereocenters. The largest absolute Gasteiger partial charge is 0.397 e. The van der Waals surface area contributed by atoms with Crippen molar-refractivity contribution in [3.8, 4) is 0 Å². The van der Waals surface area contributed by atoms with Gasteiger partial charge >= 0.3 is 0 Å². The van der Waals surface area contributed by atoms with Gasteiger partial charge in [-0.15, -0.1) is 11.3 Å². The van der Waals surface area contributed by atoms with Crippen molar-refractivity contribution < 1.29 is 0 Å². The van der Waals surface area contributed by atoms with Crippen LogP contribution in [0.15, 0.2) is 28.1 Å². The molecule has 2 rings (SSSR count). The SMILES string of the molecule is Cc1c(Cl)ccc(N)c1NCc1sccc1Br. The molecule has 5 heteroatoms. The summed E-state index contributed by atoms with van der Waals surface area (Å²) in [5.74, 6) is 0. The highest BCUT2D eigenvalue weighted by Gasteiger charge is 2.08. The standard InChI is InChI=1S/C12H12BrClN2S/c1-7-9(14)2-3-10(15)12(7)16-6-11-8(13)4-5-17-11/h2-5,16H,6,15H2,1H3. The van der Waals surface area contributed by atoms with Crippen LogP contribution in [0.4, 0.5) is 11.4 Å². The highest BCUT2D eigenvalue weighted by molar-refractivity contribution is 9.10. The number of benzene rings is 1. The van der Waals surface area contributed by atoms with E-state index < -0.39 is 0 Å². The third-order valence-corrected chi connectivity index (χ3v) is 4.88. The number of nitrogens with two attached hydrogens (primary N) is 1. The fourth-order valence-electron chi connectivity index (χ4n) is 1.56. The molecule has 0 spiro atoms. The highest BCUT2D eigenvalue weighted by atomic mass is 79.9. The van der Waals surface area contributed by atoms with Crippen molar-refractivity contribution in [1.82, 2.24) is 0 Å². The number of thiophene rings is 1. The van der Waals surface area contributed by atoms with Crippen LogP contribution >= 0.6 is 38.9 Å². The zero-order valence-corrected chi connectivity index (χ0v) is 12.4. The zero-order chi connectivity index (χ0) is 12.4. The van der Waals surface area contributed by atoms with Crippen LogP contribution in [-0.4, -0.2) is 0 Å². The summed E-state index contributed by atoms with van der Waals surface area (Å²) >= 11 is 11.3. The number of halogens is 2. The Balaban J connectivity index is 2.20. The minimum Gasteiger partial charge on any atom is -0.397 e. The first-order chi connectivity index (χ1) is 8.09. The predicted octanol–water partition coefficient (Wildman–Crippen LogP) is 4.67. The van der Waals surface area contributed by atoms with E-state index in [-0.39, 0.29) is 0 Å². The van der Waals surface area contributed by atoms with Crippen molar-refractivity contribution in [3.63, 3.8) is 0 Å². The van der Waals surface area contributed by atoms with Gasteiger partial charge in [0.25, 0.3) is 0 Å². The van der Waals surface area contributed by atoms with Gasteiger partial charge in [0, 0.05) is 14.4 Å². The van der Waals surface area contributed by atoms with Gasteiger partial charge in [0.1, 0.15) is 0 Å². The van der Waals surface area contributed by atoms with E-state index in [2.05, 4.69) is 26.6 Å². The van der Waals surface area contributed by atoms with Gasteiger partial charge in [0.15, 0.2) is 0 Å². The average molecular weight is 332 g/mol. The van der Waals surface area contributed by atoms with E-state index in [1.165, 1.54) is 4.88 Å². The Morgan fingerprint density at radius 1 is 1.41 bits per heavy atom. The molecule has 2 nitrogen and oxygen atoms in total. The highest BCUT2D eigenvalue weighted by Crippen LogP contribution is 2.31. The molecule has 0 aliphatic rings. The Morgan fingerprint density at radius 3 is 2.82 bits per heavy atom. The number of nitrogens with one attached hydrogen (secondary N) is 1. The second kappa shape index (κ2) is 5.29. The Hall–Kier alpha value is -0.710. The van der Waals surface area contributed by atoms with Crippen LogP contribution in [-0.2, 0) is 6.54 Å². The summed E-state index contributed by atoms with van der Waals surface area (Å²) in [5.41, 5.74) is 8.56. The average Bonchev–Trinajstić information content (AvgIpc) is 2.70. The number of hydrogen-bond donors (Lipinski definition) is 2. The molecule has 0 atom stereocenters. The first-order valence-corrected chi connectivity index (χ1v) is 7.15. The Morgan fingerprint density at radius 2 is 2.18 bits per heavy atom. The number of nitrogen functional groups attached to an aromatic ring is 1. The van der Waals surface area contributed by atoms with E-state index in [0.717, 1.165) is 33.0 Å². The topological polar surface area (TPSA) is 38.0 Å². The molecule has 0 fully saturated rings.